The molecule has 7 heteroatoms. The number of benzene rings is 3. The Hall–Kier alpha value is -3.35. The van der Waals surface area contributed by atoms with Crippen molar-refractivity contribution in [2.75, 3.05) is 38.1 Å². The first kappa shape index (κ1) is 21.5. The molecule has 0 amide bonds. The summed E-state index contributed by atoms with van der Waals surface area (Å²) in [6, 6.07) is 22.5. The van der Waals surface area contributed by atoms with Gasteiger partial charge in [0.1, 0.15) is 0 Å². The highest BCUT2D eigenvalue weighted by atomic mass is 35.5. The standard InChI is InChI=1S/C26H25ClN4O2/c1-28-12-14-29(15-13-28)22-16-20(27)17-23-24(22)25(32)31(21-10-6-3-7-11-21)26(33)30(23)18-19-8-4-2-5-9-19/h2-11,16-17H,12-15,18H2,1H3. The van der Waals surface area contributed by atoms with Gasteiger partial charge in [0.25, 0.3) is 5.56 Å². The van der Waals surface area contributed by atoms with Crippen LogP contribution in [0.4, 0.5) is 5.69 Å². The van der Waals surface area contributed by atoms with Gasteiger partial charge in [-0.3, -0.25) is 9.36 Å². The summed E-state index contributed by atoms with van der Waals surface area (Å²) in [6.07, 6.45) is 0. The van der Waals surface area contributed by atoms with Gasteiger partial charge in [-0.05, 0) is 36.9 Å². The van der Waals surface area contributed by atoms with Gasteiger partial charge in [-0.15, -0.1) is 0 Å². The number of halogens is 1. The molecule has 2 heterocycles. The summed E-state index contributed by atoms with van der Waals surface area (Å²) in [7, 11) is 2.09. The summed E-state index contributed by atoms with van der Waals surface area (Å²) in [5.41, 5.74) is 2.16. The Bertz CT molecular complexity index is 1410. The largest absolute Gasteiger partial charge is 0.368 e. The highest BCUT2D eigenvalue weighted by Crippen LogP contribution is 2.29. The van der Waals surface area contributed by atoms with Crippen LogP contribution in [0.25, 0.3) is 16.6 Å². The highest BCUT2D eigenvalue weighted by Gasteiger charge is 2.23. The summed E-state index contributed by atoms with van der Waals surface area (Å²) < 4.78 is 2.93. The summed E-state index contributed by atoms with van der Waals surface area (Å²) in [5.74, 6) is 0. The first-order valence-corrected chi connectivity index (χ1v) is 11.4. The van der Waals surface area contributed by atoms with Crippen LogP contribution >= 0.6 is 11.6 Å². The van der Waals surface area contributed by atoms with E-state index in [4.69, 9.17) is 11.6 Å². The van der Waals surface area contributed by atoms with E-state index in [0.717, 1.165) is 37.4 Å². The van der Waals surface area contributed by atoms with Gasteiger partial charge in [-0.2, -0.15) is 0 Å². The number of likely N-dealkylation sites (N-methyl/N-ethyl adjacent to an activating group) is 1. The number of para-hydroxylation sites is 1. The van der Waals surface area contributed by atoms with Gasteiger partial charge in [-0.1, -0.05) is 60.1 Å². The van der Waals surface area contributed by atoms with E-state index in [1.54, 1.807) is 22.8 Å². The quantitative estimate of drug-likeness (QED) is 0.467. The molecule has 33 heavy (non-hydrogen) atoms. The second kappa shape index (κ2) is 8.89. The maximum absolute atomic E-state index is 13.9. The molecule has 0 atom stereocenters. The molecule has 0 radical (unpaired) electrons. The highest BCUT2D eigenvalue weighted by molar-refractivity contribution is 6.31. The third-order valence-electron chi connectivity index (χ3n) is 6.23. The molecule has 0 N–H and O–H groups in total. The van der Waals surface area contributed by atoms with Crippen LogP contribution in [0.3, 0.4) is 0 Å². The minimum atomic E-state index is -0.380. The number of fused-ring (bicyclic) bond motifs is 1. The van der Waals surface area contributed by atoms with Crippen molar-refractivity contribution in [3.05, 3.63) is 104 Å². The first-order valence-electron chi connectivity index (χ1n) is 11.0. The lowest BCUT2D eigenvalue weighted by atomic mass is 10.1. The van der Waals surface area contributed by atoms with Crippen molar-refractivity contribution in [1.29, 1.82) is 0 Å². The SMILES string of the molecule is CN1CCN(c2cc(Cl)cc3c2c(=O)n(-c2ccccc2)c(=O)n3Cc2ccccc2)CC1. The number of hydrogen-bond acceptors (Lipinski definition) is 4. The molecule has 3 aromatic carbocycles. The first-order chi connectivity index (χ1) is 16.0. The number of aromatic nitrogens is 2. The lowest BCUT2D eigenvalue weighted by Gasteiger charge is -2.34. The van der Waals surface area contributed by atoms with Crippen LogP contribution in [-0.4, -0.2) is 47.3 Å². The molecular weight excluding hydrogens is 436 g/mol. The molecule has 0 bridgehead atoms. The molecular formula is C26H25ClN4O2. The molecule has 1 aliphatic rings. The lowest BCUT2D eigenvalue weighted by molar-refractivity contribution is 0.313. The predicted molar refractivity (Wildman–Crippen MR) is 134 cm³/mol. The molecule has 0 saturated carbocycles. The molecule has 0 spiro atoms. The van der Waals surface area contributed by atoms with E-state index >= 15 is 0 Å². The van der Waals surface area contributed by atoms with Gasteiger partial charge in [0.2, 0.25) is 0 Å². The van der Waals surface area contributed by atoms with Crippen LogP contribution in [0.15, 0.2) is 82.4 Å². The zero-order valence-corrected chi connectivity index (χ0v) is 19.2. The maximum Gasteiger partial charge on any atom is 0.336 e. The van der Waals surface area contributed by atoms with Crippen molar-refractivity contribution < 1.29 is 0 Å². The third-order valence-corrected chi connectivity index (χ3v) is 6.45. The number of hydrogen-bond donors (Lipinski definition) is 0. The summed E-state index contributed by atoms with van der Waals surface area (Å²) >= 11 is 6.55. The minimum absolute atomic E-state index is 0.323. The third kappa shape index (κ3) is 4.08. The molecule has 168 valence electrons. The van der Waals surface area contributed by atoms with Gasteiger partial charge in [0.05, 0.1) is 28.8 Å². The molecule has 1 saturated heterocycles. The normalized spacial score (nSPS) is 14.7. The Kier molecular flexibility index (Phi) is 5.79. The van der Waals surface area contributed by atoms with E-state index in [2.05, 4.69) is 16.8 Å². The van der Waals surface area contributed by atoms with E-state index < -0.39 is 0 Å². The second-order valence-electron chi connectivity index (χ2n) is 8.44. The van der Waals surface area contributed by atoms with Crippen molar-refractivity contribution in [1.82, 2.24) is 14.0 Å². The average molecular weight is 461 g/mol. The Morgan fingerprint density at radius 2 is 1.48 bits per heavy atom. The molecule has 1 aromatic heterocycles. The molecule has 1 fully saturated rings. The Morgan fingerprint density at radius 3 is 2.15 bits per heavy atom. The number of anilines is 1. The molecule has 6 nitrogen and oxygen atoms in total. The smallest absolute Gasteiger partial charge is 0.336 e. The topological polar surface area (TPSA) is 50.5 Å². The summed E-state index contributed by atoms with van der Waals surface area (Å²) in [6.45, 7) is 3.70. The Balaban J connectivity index is 1.83. The Labute approximate surface area is 196 Å². The van der Waals surface area contributed by atoms with E-state index in [0.29, 0.717) is 28.2 Å². The van der Waals surface area contributed by atoms with Crippen molar-refractivity contribution in [2.45, 2.75) is 6.54 Å². The fourth-order valence-corrected chi connectivity index (χ4v) is 4.66. The van der Waals surface area contributed by atoms with Crippen molar-refractivity contribution >= 4 is 28.2 Å². The number of nitrogens with zero attached hydrogens (tertiary/aromatic N) is 4. The van der Waals surface area contributed by atoms with Crippen LogP contribution in [0.5, 0.6) is 0 Å². The Morgan fingerprint density at radius 1 is 0.848 bits per heavy atom. The molecule has 5 rings (SSSR count). The predicted octanol–water partition coefficient (Wildman–Crippen LogP) is 3.61. The van der Waals surface area contributed by atoms with E-state index in [9.17, 15) is 9.59 Å². The van der Waals surface area contributed by atoms with Gasteiger partial charge < -0.3 is 9.80 Å². The molecule has 4 aromatic rings. The monoisotopic (exact) mass is 460 g/mol. The molecule has 0 unspecified atom stereocenters. The second-order valence-corrected chi connectivity index (χ2v) is 8.88. The van der Waals surface area contributed by atoms with Gasteiger partial charge >= 0.3 is 5.69 Å². The summed E-state index contributed by atoms with van der Waals surface area (Å²) in [5, 5.41) is 1.03. The van der Waals surface area contributed by atoms with Crippen molar-refractivity contribution in [3.8, 4) is 5.69 Å². The zero-order valence-electron chi connectivity index (χ0n) is 18.4. The fourth-order valence-electron chi connectivity index (χ4n) is 4.45. The average Bonchev–Trinajstić information content (AvgIpc) is 2.83. The minimum Gasteiger partial charge on any atom is -0.368 e. The maximum atomic E-state index is 13.9. The van der Waals surface area contributed by atoms with Crippen LogP contribution in [-0.2, 0) is 6.54 Å². The van der Waals surface area contributed by atoms with Gasteiger partial charge in [0, 0.05) is 31.2 Å². The van der Waals surface area contributed by atoms with Crippen LogP contribution in [0.2, 0.25) is 5.02 Å². The van der Waals surface area contributed by atoms with Crippen LogP contribution in [0.1, 0.15) is 5.56 Å². The number of rotatable bonds is 4. The van der Waals surface area contributed by atoms with Crippen molar-refractivity contribution in [3.63, 3.8) is 0 Å². The van der Waals surface area contributed by atoms with E-state index in [1.807, 2.05) is 54.6 Å². The van der Waals surface area contributed by atoms with Crippen LogP contribution < -0.4 is 16.1 Å². The van der Waals surface area contributed by atoms with E-state index in [1.165, 1.54) is 4.57 Å². The fraction of sp³-hybridized carbons (Fsp3) is 0.231. The zero-order chi connectivity index (χ0) is 22.9. The molecule has 0 aliphatic carbocycles. The molecule has 1 aliphatic heterocycles. The van der Waals surface area contributed by atoms with E-state index in [-0.39, 0.29) is 11.2 Å². The lowest BCUT2D eigenvalue weighted by Crippen LogP contribution is -2.45. The number of piperazine rings is 1. The van der Waals surface area contributed by atoms with Gasteiger partial charge in [0.15, 0.2) is 0 Å². The van der Waals surface area contributed by atoms with Crippen LogP contribution in [0, 0.1) is 0 Å². The van der Waals surface area contributed by atoms with Crippen molar-refractivity contribution in [2.24, 2.45) is 0 Å². The van der Waals surface area contributed by atoms with Gasteiger partial charge in [-0.25, -0.2) is 9.36 Å². The summed E-state index contributed by atoms with van der Waals surface area (Å²) in [4.78, 5) is 32.0.